The molecule has 0 saturated carbocycles. The van der Waals surface area contributed by atoms with E-state index in [1.54, 1.807) is 23.1 Å². The number of carbonyl (C=O) groups excluding carboxylic acids is 1. The predicted octanol–water partition coefficient (Wildman–Crippen LogP) is 2.79. The fraction of sp³-hybridized carbons (Fsp3) is 0.750. The molecular weight excluding hydrogens is 314 g/mol. The van der Waals surface area contributed by atoms with Gasteiger partial charge in [0, 0.05) is 30.6 Å². The number of hydrogen-bond acceptors (Lipinski definition) is 5. The van der Waals surface area contributed by atoms with Crippen molar-refractivity contribution in [1.82, 2.24) is 15.2 Å². The molecule has 1 saturated heterocycles. The third kappa shape index (κ3) is 4.70. The molecule has 6 heteroatoms. The molecule has 1 amide bonds. The van der Waals surface area contributed by atoms with Crippen LogP contribution in [0.1, 0.15) is 37.4 Å². The highest BCUT2D eigenvalue weighted by atomic mass is 32.2. The van der Waals surface area contributed by atoms with Gasteiger partial charge in [-0.2, -0.15) is 11.8 Å². The number of thiazole rings is 1. The number of thioether (sulfide) groups is 1. The Kier molecular flexibility index (Phi) is 6.71. The number of hydrogen-bond donors (Lipinski definition) is 1. The van der Waals surface area contributed by atoms with E-state index in [0.29, 0.717) is 6.54 Å². The monoisotopic (exact) mass is 341 g/mol. The summed E-state index contributed by atoms with van der Waals surface area (Å²) in [7, 11) is 0. The Hall–Kier alpha value is -0.590. The van der Waals surface area contributed by atoms with Crippen LogP contribution in [0.4, 0.5) is 0 Å². The number of amides is 1. The third-order valence-corrected chi connectivity index (χ3v) is 5.95. The van der Waals surface area contributed by atoms with Gasteiger partial charge in [0.15, 0.2) is 0 Å². The lowest BCUT2D eigenvalue weighted by Crippen LogP contribution is -2.50. The molecular formula is C16H27N3OS2. The van der Waals surface area contributed by atoms with Crippen molar-refractivity contribution in [2.75, 3.05) is 32.4 Å². The second-order valence-electron chi connectivity index (χ2n) is 6.20. The molecule has 1 N–H and O–H groups in total. The minimum Gasteiger partial charge on any atom is -0.355 e. The minimum atomic E-state index is -0.236. The van der Waals surface area contributed by atoms with Crippen molar-refractivity contribution in [1.29, 1.82) is 0 Å². The average Bonchev–Trinajstić information content (AvgIpc) is 2.95. The molecule has 1 atom stereocenters. The van der Waals surface area contributed by atoms with E-state index in [1.165, 1.54) is 5.01 Å². The van der Waals surface area contributed by atoms with Crippen LogP contribution >= 0.6 is 23.1 Å². The van der Waals surface area contributed by atoms with E-state index in [0.717, 1.165) is 50.3 Å². The van der Waals surface area contributed by atoms with Crippen molar-refractivity contribution in [3.8, 4) is 0 Å². The Morgan fingerprint density at radius 2 is 2.41 bits per heavy atom. The van der Waals surface area contributed by atoms with E-state index >= 15 is 0 Å². The van der Waals surface area contributed by atoms with E-state index in [9.17, 15) is 4.79 Å². The number of nitrogens with one attached hydrogen (secondary N) is 1. The van der Waals surface area contributed by atoms with Crippen molar-refractivity contribution in [3.63, 3.8) is 0 Å². The van der Waals surface area contributed by atoms with Crippen molar-refractivity contribution >= 4 is 29.0 Å². The first-order valence-electron chi connectivity index (χ1n) is 8.00. The molecule has 0 spiro atoms. The van der Waals surface area contributed by atoms with Crippen molar-refractivity contribution in [2.45, 2.75) is 38.9 Å². The number of nitrogens with zero attached hydrogens (tertiary/aromatic N) is 2. The molecule has 0 aromatic carbocycles. The van der Waals surface area contributed by atoms with Gasteiger partial charge in [-0.15, -0.1) is 11.3 Å². The van der Waals surface area contributed by atoms with Crippen molar-refractivity contribution in [2.24, 2.45) is 5.41 Å². The van der Waals surface area contributed by atoms with Crippen LogP contribution in [0, 0.1) is 5.41 Å². The van der Waals surface area contributed by atoms with Gasteiger partial charge in [0.25, 0.3) is 0 Å². The van der Waals surface area contributed by atoms with Crippen LogP contribution in [-0.4, -0.2) is 48.2 Å². The summed E-state index contributed by atoms with van der Waals surface area (Å²) in [5.41, 5.74) is 0.860. The van der Waals surface area contributed by atoms with Crippen LogP contribution < -0.4 is 5.32 Å². The summed E-state index contributed by atoms with van der Waals surface area (Å²) in [4.78, 5) is 19.5. The Bertz CT molecular complexity index is 491. The van der Waals surface area contributed by atoms with Gasteiger partial charge < -0.3 is 10.2 Å². The van der Waals surface area contributed by atoms with Gasteiger partial charge >= 0.3 is 0 Å². The molecule has 1 aliphatic heterocycles. The summed E-state index contributed by atoms with van der Waals surface area (Å²) in [6.45, 7) is 7.98. The van der Waals surface area contributed by atoms with E-state index in [1.807, 2.05) is 0 Å². The van der Waals surface area contributed by atoms with Gasteiger partial charge in [0.2, 0.25) is 5.91 Å². The number of piperidine rings is 1. The highest BCUT2D eigenvalue weighted by molar-refractivity contribution is 7.97. The van der Waals surface area contributed by atoms with Gasteiger partial charge in [-0.1, -0.05) is 6.92 Å². The molecule has 2 heterocycles. The minimum absolute atomic E-state index is 0.199. The van der Waals surface area contributed by atoms with Crippen LogP contribution in [0.15, 0.2) is 5.38 Å². The molecule has 2 rings (SSSR count). The molecule has 0 radical (unpaired) electrons. The lowest BCUT2D eigenvalue weighted by Gasteiger charge is -2.38. The average molecular weight is 342 g/mol. The normalized spacial score (nSPS) is 22.7. The van der Waals surface area contributed by atoms with E-state index < -0.39 is 0 Å². The van der Waals surface area contributed by atoms with Gasteiger partial charge in [-0.05, 0) is 39.1 Å². The van der Waals surface area contributed by atoms with Crippen LogP contribution in [0.3, 0.4) is 0 Å². The zero-order valence-electron chi connectivity index (χ0n) is 13.9. The molecule has 0 unspecified atom stereocenters. The standard InChI is InChI=1S/C16H27N3OS2/c1-4-19-9-5-7-16(2,12-19)15(20)17-8-6-13-10-22-14(18-13)11-21-3/h10H,4-9,11-12H2,1-3H3,(H,17,20)/t16-/m0/s1. The first-order valence-corrected chi connectivity index (χ1v) is 10.3. The molecule has 124 valence electrons. The highest BCUT2D eigenvalue weighted by Crippen LogP contribution is 2.29. The van der Waals surface area contributed by atoms with Gasteiger partial charge in [0.1, 0.15) is 5.01 Å². The maximum absolute atomic E-state index is 12.5. The molecule has 22 heavy (non-hydrogen) atoms. The SMILES string of the molecule is CCN1CCC[C@](C)(C(=O)NCCc2csc(CSC)n2)C1. The lowest BCUT2D eigenvalue weighted by atomic mass is 9.81. The molecule has 1 aliphatic rings. The van der Waals surface area contributed by atoms with Gasteiger partial charge in [0.05, 0.1) is 11.1 Å². The summed E-state index contributed by atoms with van der Waals surface area (Å²) >= 11 is 3.50. The molecule has 4 nitrogen and oxygen atoms in total. The second kappa shape index (κ2) is 8.31. The third-order valence-electron chi connectivity index (χ3n) is 4.30. The maximum Gasteiger partial charge on any atom is 0.227 e. The maximum atomic E-state index is 12.5. The van der Waals surface area contributed by atoms with E-state index in [4.69, 9.17) is 0 Å². The topological polar surface area (TPSA) is 45.2 Å². The molecule has 0 aliphatic carbocycles. The molecule has 1 aromatic heterocycles. The van der Waals surface area contributed by atoms with Crippen molar-refractivity contribution in [3.05, 3.63) is 16.1 Å². The lowest BCUT2D eigenvalue weighted by molar-refractivity contribution is -0.133. The molecule has 0 bridgehead atoms. The fourth-order valence-electron chi connectivity index (χ4n) is 2.97. The summed E-state index contributed by atoms with van der Waals surface area (Å²) in [6.07, 6.45) is 5.02. The number of rotatable bonds is 7. The summed E-state index contributed by atoms with van der Waals surface area (Å²) < 4.78 is 0. The molecule has 1 fully saturated rings. The predicted molar refractivity (Wildman–Crippen MR) is 95.5 cm³/mol. The number of carbonyl (C=O) groups is 1. The Labute approximate surface area is 142 Å². The first-order chi connectivity index (χ1) is 10.6. The summed E-state index contributed by atoms with van der Waals surface area (Å²) in [5, 5.41) is 6.40. The van der Waals surface area contributed by atoms with Crippen LogP contribution in [0.2, 0.25) is 0 Å². The van der Waals surface area contributed by atoms with Crippen LogP contribution in [0.25, 0.3) is 0 Å². The first kappa shape index (κ1) is 17.8. The zero-order valence-corrected chi connectivity index (χ0v) is 15.5. The van der Waals surface area contributed by atoms with Crippen molar-refractivity contribution < 1.29 is 4.79 Å². The van der Waals surface area contributed by atoms with Crippen LogP contribution in [-0.2, 0) is 17.0 Å². The Balaban J connectivity index is 1.79. The quantitative estimate of drug-likeness (QED) is 0.828. The van der Waals surface area contributed by atoms with E-state index in [2.05, 4.69) is 40.7 Å². The summed E-state index contributed by atoms with van der Waals surface area (Å²) in [6, 6.07) is 0. The molecule has 1 aromatic rings. The number of aromatic nitrogens is 1. The Morgan fingerprint density at radius 3 is 3.14 bits per heavy atom. The fourth-order valence-corrected chi connectivity index (χ4v) is 4.52. The Morgan fingerprint density at radius 1 is 1.59 bits per heavy atom. The summed E-state index contributed by atoms with van der Waals surface area (Å²) in [5.74, 6) is 1.17. The van der Waals surface area contributed by atoms with E-state index in [-0.39, 0.29) is 11.3 Å². The largest absolute Gasteiger partial charge is 0.355 e. The van der Waals surface area contributed by atoms with Gasteiger partial charge in [-0.25, -0.2) is 4.98 Å². The van der Waals surface area contributed by atoms with Crippen LogP contribution in [0.5, 0.6) is 0 Å². The second-order valence-corrected chi connectivity index (χ2v) is 8.01. The zero-order chi connectivity index (χ0) is 16.0. The van der Waals surface area contributed by atoms with Gasteiger partial charge in [-0.3, -0.25) is 4.79 Å². The number of likely N-dealkylation sites (tertiary alicyclic amines) is 1. The smallest absolute Gasteiger partial charge is 0.227 e. The highest BCUT2D eigenvalue weighted by Gasteiger charge is 2.36.